The molecular weight excluding hydrogens is 358 g/mol. The molecular formula is C17H14BrN3O2. The molecule has 2 heterocycles. The molecule has 116 valence electrons. The van der Waals surface area contributed by atoms with Gasteiger partial charge in [0.25, 0.3) is 5.91 Å². The van der Waals surface area contributed by atoms with Gasteiger partial charge in [0.2, 0.25) is 0 Å². The fourth-order valence-corrected chi connectivity index (χ4v) is 2.59. The summed E-state index contributed by atoms with van der Waals surface area (Å²) in [6.45, 7) is 0. The second-order valence-electron chi connectivity index (χ2n) is 4.99. The van der Waals surface area contributed by atoms with Crippen LogP contribution < -0.4 is 9.64 Å². The van der Waals surface area contributed by atoms with Gasteiger partial charge in [-0.15, -0.1) is 0 Å². The average molecular weight is 372 g/mol. The molecule has 0 atom stereocenters. The highest BCUT2D eigenvalue weighted by atomic mass is 79.9. The molecule has 0 fully saturated rings. The standard InChI is InChI=1S/C17H14BrN3O2/c1-21(14-4-3-5-15(8-14)23-2)17(22)12-6-11-7-13(18)10-20-16(11)19-9-12/h3-10H,1-2H3. The molecule has 1 amide bonds. The highest BCUT2D eigenvalue weighted by Gasteiger charge is 2.15. The zero-order valence-corrected chi connectivity index (χ0v) is 14.2. The molecule has 23 heavy (non-hydrogen) atoms. The van der Waals surface area contributed by atoms with Gasteiger partial charge in [0.05, 0.1) is 12.7 Å². The zero-order valence-electron chi connectivity index (χ0n) is 12.7. The van der Waals surface area contributed by atoms with E-state index in [0.29, 0.717) is 17.0 Å². The van der Waals surface area contributed by atoms with Gasteiger partial charge in [0, 0.05) is 41.1 Å². The molecule has 2 aromatic heterocycles. The Morgan fingerprint density at radius 3 is 2.74 bits per heavy atom. The number of carbonyl (C=O) groups excluding carboxylic acids is 1. The van der Waals surface area contributed by atoms with Crippen LogP contribution in [-0.2, 0) is 0 Å². The van der Waals surface area contributed by atoms with Gasteiger partial charge in [0.15, 0.2) is 5.65 Å². The SMILES string of the molecule is COc1cccc(N(C)C(=O)c2cnc3ncc(Br)cc3c2)c1. The Morgan fingerprint density at radius 2 is 1.96 bits per heavy atom. The number of rotatable bonds is 3. The number of amides is 1. The van der Waals surface area contributed by atoms with Crippen LogP contribution in [-0.4, -0.2) is 30.0 Å². The maximum absolute atomic E-state index is 12.7. The van der Waals surface area contributed by atoms with Crippen molar-refractivity contribution in [2.45, 2.75) is 0 Å². The number of anilines is 1. The van der Waals surface area contributed by atoms with Gasteiger partial charge in [-0.3, -0.25) is 4.79 Å². The van der Waals surface area contributed by atoms with Crippen molar-refractivity contribution in [1.82, 2.24) is 9.97 Å². The summed E-state index contributed by atoms with van der Waals surface area (Å²) in [4.78, 5) is 22.7. The smallest absolute Gasteiger partial charge is 0.259 e. The molecule has 0 unspecified atom stereocenters. The van der Waals surface area contributed by atoms with Gasteiger partial charge < -0.3 is 9.64 Å². The lowest BCUT2D eigenvalue weighted by Crippen LogP contribution is -2.26. The lowest BCUT2D eigenvalue weighted by atomic mass is 10.2. The summed E-state index contributed by atoms with van der Waals surface area (Å²) in [7, 11) is 3.32. The molecule has 0 aliphatic heterocycles. The molecule has 6 heteroatoms. The van der Waals surface area contributed by atoms with Crippen molar-refractivity contribution in [3.63, 3.8) is 0 Å². The van der Waals surface area contributed by atoms with Crippen LogP contribution in [0.4, 0.5) is 5.69 Å². The molecule has 5 nitrogen and oxygen atoms in total. The van der Waals surface area contributed by atoms with Crippen molar-refractivity contribution in [3.8, 4) is 5.75 Å². The normalized spacial score (nSPS) is 10.6. The molecule has 0 spiro atoms. The van der Waals surface area contributed by atoms with Crippen LogP contribution in [0, 0.1) is 0 Å². The maximum Gasteiger partial charge on any atom is 0.259 e. The third kappa shape index (κ3) is 3.17. The fraction of sp³-hybridized carbons (Fsp3) is 0.118. The minimum Gasteiger partial charge on any atom is -0.497 e. The largest absolute Gasteiger partial charge is 0.497 e. The van der Waals surface area contributed by atoms with Crippen molar-refractivity contribution >= 4 is 38.6 Å². The number of aromatic nitrogens is 2. The number of hydrogen-bond acceptors (Lipinski definition) is 4. The molecule has 0 bridgehead atoms. The van der Waals surface area contributed by atoms with Gasteiger partial charge in [-0.05, 0) is 40.2 Å². The first-order chi connectivity index (χ1) is 11.1. The van der Waals surface area contributed by atoms with Gasteiger partial charge in [-0.25, -0.2) is 9.97 Å². The van der Waals surface area contributed by atoms with Crippen molar-refractivity contribution in [2.75, 3.05) is 19.1 Å². The van der Waals surface area contributed by atoms with Crippen LogP contribution in [0.1, 0.15) is 10.4 Å². The van der Waals surface area contributed by atoms with Crippen LogP contribution in [0.2, 0.25) is 0 Å². The first-order valence-electron chi connectivity index (χ1n) is 6.92. The Labute approximate surface area is 142 Å². The van der Waals surface area contributed by atoms with Crippen LogP contribution in [0.3, 0.4) is 0 Å². The predicted molar refractivity (Wildman–Crippen MR) is 93.0 cm³/mol. The maximum atomic E-state index is 12.7. The molecule has 0 aliphatic rings. The van der Waals surface area contributed by atoms with E-state index in [4.69, 9.17) is 4.74 Å². The van der Waals surface area contributed by atoms with E-state index in [0.717, 1.165) is 15.5 Å². The van der Waals surface area contributed by atoms with Gasteiger partial charge in [-0.1, -0.05) is 6.07 Å². The number of hydrogen-bond donors (Lipinski definition) is 0. The van der Waals surface area contributed by atoms with Crippen molar-refractivity contribution in [2.24, 2.45) is 0 Å². The Kier molecular flexibility index (Phi) is 4.25. The molecule has 0 saturated heterocycles. The van der Waals surface area contributed by atoms with Crippen LogP contribution in [0.5, 0.6) is 5.75 Å². The Hall–Kier alpha value is -2.47. The summed E-state index contributed by atoms with van der Waals surface area (Å²) in [5.74, 6) is 0.555. The van der Waals surface area contributed by atoms with Crippen molar-refractivity contribution < 1.29 is 9.53 Å². The molecule has 0 saturated carbocycles. The minimum absolute atomic E-state index is 0.146. The van der Waals surface area contributed by atoms with Crippen molar-refractivity contribution in [3.05, 3.63) is 58.8 Å². The number of ether oxygens (including phenoxy) is 1. The number of benzene rings is 1. The number of nitrogens with zero attached hydrogens (tertiary/aromatic N) is 3. The second kappa shape index (κ2) is 6.34. The molecule has 0 N–H and O–H groups in total. The molecule has 0 radical (unpaired) electrons. The van der Waals surface area contributed by atoms with Crippen LogP contribution >= 0.6 is 15.9 Å². The second-order valence-corrected chi connectivity index (χ2v) is 5.91. The van der Waals surface area contributed by atoms with Crippen LogP contribution in [0.25, 0.3) is 11.0 Å². The topological polar surface area (TPSA) is 55.3 Å². The highest BCUT2D eigenvalue weighted by molar-refractivity contribution is 9.10. The summed E-state index contributed by atoms with van der Waals surface area (Å²) < 4.78 is 6.04. The Bertz CT molecular complexity index is 883. The predicted octanol–water partition coefficient (Wildman–Crippen LogP) is 3.68. The average Bonchev–Trinajstić information content (AvgIpc) is 2.59. The monoisotopic (exact) mass is 371 g/mol. The Morgan fingerprint density at radius 1 is 1.17 bits per heavy atom. The number of carbonyl (C=O) groups is 1. The summed E-state index contributed by atoms with van der Waals surface area (Å²) in [5.41, 5.74) is 1.86. The molecule has 0 aliphatic carbocycles. The molecule has 1 aromatic carbocycles. The molecule has 3 rings (SSSR count). The quantitative estimate of drug-likeness (QED) is 0.704. The number of halogens is 1. The van der Waals surface area contributed by atoms with Gasteiger partial charge in [-0.2, -0.15) is 0 Å². The summed E-state index contributed by atoms with van der Waals surface area (Å²) in [5, 5.41) is 0.810. The van der Waals surface area contributed by atoms with Gasteiger partial charge >= 0.3 is 0 Å². The van der Waals surface area contributed by atoms with E-state index in [9.17, 15) is 4.79 Å². The Balaban J connectivity index is 1.95. The lowest BCUT2D eigenvalue weighted by Gasteiger charge is -2.18. The first kappa shape index (κ1) is 15.4. The minimum atomic E-state index is -0.146. The van der Waals surface area contributed by atoms with E-state index in [2.05, 4.69) is 25.9 Å². The third-order valence-electron chi connectivity index (χ3n) is 3.49. The first-order valence-corrected chi connectivity index (χ1v) is 7.71. The van der Waals surface area contributed by atoms with E-state index in [1.165, 1.54) is 0 Å². The number of pyridine rings is 2. The highest BCUT2D eigenvalue weighted by Crippen LogP contribution is 2.22. The zero-order chi connectivity index (χ0) is 16.4. The molecule has 3 aromatic rings. The van der Waals surface area contributed by atoms with Crippen molar-refractivity contribution in [1.29, 1.82) is 0 Å². The van der Waals surface area contributed by atoms with E-state index >= 15 is 0 Å². The van der Waals surface area contributed by atoms with E-state index in [-0.39, 0.29) is 5.91 Å². The van der Waals surface area contributed by atoms with E-state index in [1.54, 1.807) is 37.5 Å². The summed E-state index contributed by atoms with van der Waals surface area (Å²) in [6.07, 6.45) is 3.22. The third-order valence-corrected chi connectivity index (χ3v) is 3.92. The van der Waals surface area contributed by atoms with Gasteiger partial charge in [0.1, 0.15) is 5.75 Å². The fourth-order valence-electron chi connectivity index (χ4n) is 2.24. The number of fused-ring (bicyclic) bond motifs is 1. The lowest BCUT2D eigenvalue weighted by molar-refractivity contribution is 0.0993. The summed E-state index contributed by atoms with van der Waals surface area (Å²) >= 11 is 3.38. The van der Waals surface area contributed by atoms with E-state index < -0.39 is 0 Å². The van der Waals surface area contributed by atoms with Crippen LogP contribution in [0.15, 0.2) is 53.3 Å². The summed E-state index contributed by atoms with van der Waals surface area (Å²) in [6, 6.07) is 11.0. The number of methoxy groups -OCH3 is 1. The van der Waals surface area contributed by atoms with E-state index in [1.807, 2.05) is 30.3 Å².